The number of nitrogens with one attached hydrogen (secondary N) is 1. The molecule has 0 aliphatic heterocycles. The lowest BCUT2D eigenvalue weighted by atomic mass is 10.5. The Balaban J connectivity index is 1.80. The first kappa shape index (κ1) is 8.48. The Labute approximate surface area is 81.0 Å². The van der Waals surface area contributed by atoms with Gasteiger partial charge in [-0.15, -0.1) is 11.3 Å². The molecule has 0 unspecified atom stereocenters. The quantitative estimate of drug-likeness (QED) is 0.814. The molecule has 0 spiro atoms. The molecule has 12 heavy (non-hydrogen) atoms. The molecule has 2 rings (SSSR count). The summed E-state index contributed by atoms with van der Waals surface area (Å²) in [7, 11) is 0. The lowest BCUT2D eigenvalue weighted by Crippen LogP contribution is -2.16. The van der Waals surface area contributed by atoms with E-state index in [2.05, 4.69) is 17.2 Å². The summed E-state index contributed by atoms with van der Waals surface area (Å²) in [5, 5.41) is 4.51. The topological polar surface area (TPSA) is 24.9 Å². The summed E-state index contributed by atoms with van der Waals surface area (Å²) in [5.41, 5.74) is 0. The molecule has 0 amide bonds. The Morgan fingerprint density at radius 1 is 1.83 bits per heavy atom. The predicted octanol–water partition coefficient (Wildman–Crippen LogP) is 2.29. The maximum Gasteiger partial charge on any atom is 0.113 e. The smallest absolute Gasteiger partial charge is 0.113 e. The fourth-order valence-electron chi connectivity index (χ4n) is 1.19. The zero-order valence-electron chi connectivity index (χ0n) is 6.88. The van der Waals surface area contributed by atoms with E-state index in [4.69, 9.17) is 11.6 Å². The van der Waals surface area contributed by atoms with Crippen LogP contribution in [-0.2, 0) is 6.54 Å². The fourth-order valence-corrected chi connectivity index (χ4v) is 2.10. The van der Waals surface area contributed by atoms with Crippen molar-refractivity contribution in [3.8, 4) is 0 Å². The minimum atomic E-state index is 0.715. The second-order valence-corrected chi connectivity index (χ2v) is 5.00. The van der Waals surface area contributed by atoms with Gasteiger partial charge in [0, 0.05) is 12.6 Å². The number of nitrogens with zero attached hydrogens (tertiary/aromatic N) is 1. The highest BCUT2D eigenvalue weighted by Gasteiger charge is 2.31. The van der Waals surface area contributed by atoms with E-state index in [-0.39, 0.29) is 0 Å². The van der Waals surface area contributed by atoms with Gasteiger partial charge in [0.1, 0.15) is 9.34 Å². The van der Waals surface area contributed by atoms with Crippen LogP contribution in [0.2, 0.25) is 4.34 Å². The van der Waals surface area contributed by atoms with Crippen molar-refractivity contribution in [2.24, 2.45) is 5.92 Å². The van der Waals surface area contributed by atoms with Crippen molar-refractivity contribution in [2.75, 3.05) is 0 Å². The van der Waals surface area contributed by atoms with Crippen LogP contribution >= 0.6 is 22.9 Å². The van der Waals surface area contributed by atoms with Crippen molar-refractivity contribution in [3.63, 3.8) is 0 Å². The largest absolute Gasteiger partial charge is 0.307 e. The van der Waals surface area contributed by atoms with Crippen LogP contribution in [0.4, 0.5) is 0 Å². The van der Waals surface area contributed by atoms with Gasteiger partial charge < -0.3 is 5.32 Å². The molecule has 0 aromatic carbocycles. The Bertz CT molecular complexity index is 274. The molecule has 1 aromatic rings. The van der Waals surface area contributed by atoms with Crippen LogP contribution < -0.4 is 5.32 Å². The molecule has 1 saturated carbocycles. The highest BCUT2D eigenvalue weighted by molar-refractivity contribution is 7.15. The van der Waals surface area contributed by atoms with Crippen molar-refractivity contribution in [1.82, 2.24) is 10.3 Å². The highest BCUT2D eigenvalue weighted by atomic mass is 35.5. The Morgan fingerprint density at radius 2 is 2.58 bits per heavy atom. The molecule has 2 atom stereocenters. The first-order chi connectivity index (χ1) is 5.75. The Hall–Kier alpha value is -0.120. The molecular formula is C8H11ClN2S. The van der Waals surface area contributed by atoms with Crippen LogP contribution in [0.25, 0.3) is 0 Å². The van der Waals surface area contributed by atoms with Gasteiger partial charge in [0.25, 0.3) is 0 Å². The number of aromatic nitrogens is 1. The van der Waals surface area contributed by atoms with Crippen molar-refractivity contribution in [2.45, 2.75) is 25.9 Å². The summed E-state index contributed by atoms with van der Waals surface area (Å²) in [6.07, 6.45) is 3.01. The van der Waals surface area contributed by atoms with Gasteiger partial charge in [0.05, 0.1) is 6.20 Å². The summed E-state index contributed by atoms with van der Waals surface area (Å²) in [6.45, 7) is 3.12. The lowest BCUT2D eigenvalue weighted by Gasteiger charge is -1.97. The van der Waals surface area contributed by atoms with E-state index in [1.165, 1.54) is 6.42 Å². The molecule has 1 fully saturated rings. The summed E-state index contributed by atoms with van der Waals surface area (Å²) >= 11 is 7.30. The summed E-state index contributed by atoms with van der Waals surface area (Å²) in [6, 6.07) is 0.715. The molecule has 1 N–H and O–H groups in total. The van der Waals surface area contributed by atoms with Crippen LogP contribution in [0.5, 0.6) is 0 Å². The molecule has 1 aliphatic rings. The molecule has 0 bridgehead atoms. The van der Waals surface area contributed by atoms with Crippen LogP contribution in [0, 0.1) is 5.92 Å². The molecule has 0 saturated heterocycles. The first-order valence-corrected chi connectivity index (χ1v) is 5.29. The third kappa shape index (κ3) is 1.97. The van der Waals surface area contributed by atoms with E-state index in [1.54, 1.807) is 17.5 Å². The van der Waals surface area contributed by atoms with E-state index in [1.807, 2.05) is 0 Å². The standard InChI is InChI=1S/C8H11ClN2S/c1-5-2-6(5)10-4-8-11-3-7(9)12-8/h3,5-6,10H,2,4H2,1H3/t5-,6-/m1/s1. The average Bonchev–Trinajstić information content (AvgIpc) is 2.56. The lowest BCUT2D eigenvalue weighted by molar-refractivity contribution is 0.650. The van der Waals surface area contributed by atoms with E-state index in [9.17, 15) is 0 Å². The van der Waals surface area contributed by atoms with Crippen LogP contribution in [-0.4, -0.2) is 11.0 Å². The maximum absolute atomic E-state index is 5.75. The van der Waals surface area contributed by atoms with E-state index in [0.29, 0.717) is 6.04 Å². The molecule has 1 aromatic heterocycles. The van der Waals surface area contributed by atoms with Gasteiger partial charge in [-0.2, -0.15) is 0 Å². The van der Waals surface area contributed by atoms with Crippen molar-refractivity contribution in [1.29, 1.82) is 0 Å². The highest BCUT2D eigenvalue weighted by Crippen LogP contribution is 2.29. The van der Waals surface area contributed by atoms with Crippen molar-refractivity contribution >= 4 is 22.9 Å². The van der Waals surface area contributed by atoms with Gasteiger partial charge in [0.2, 0.25) is 0 Å². The zero-order valence-corrected chi connectivity index (χ0v) is 8.45. The van der Waals surface area contributed by atoms with Crippen molar-refractivity contribution < 1.29 is 0 Å². The molecule has 1 heterocycles. The number of thiazole rings is 1. The van der Waals surface area contributed by atoms with E-state index in [0.717, 1.165) is 21.8 Å². The van der Waals surface area contributed by atoms with Gasteiger partial charge in [-0.05, 0) is 12.3 Å². The fraction of sp³-hybridized carbons (Fsp3) is 0.625. The van der Waals surface area contributed by atoms with Gasteiger partial charge in [-0.3, -0.25) is 0 Å². The van der Waals surface area contributed by atoms with Gasteiger partial charge >= 0.3 is 0 Å². The number of rotatable bonds is 3. The zero-order chi connectivity index (χ0) is 8.55. The van der Waals surface area contributed by atoms with Crippen LogP contribution in [0.15, 0.2) is 6.20 Å². The SMILES string of the molecule is C[C@@H]1C[C@H]1NCc1ncc(Cl)s1. The molecular weight excluding hydrogens is 192 g/mol. The molecule has 1 aliphatic carbocycles. The van der Waals surface area contributed by atoms with Crippen LogP contribution in [0.1, 0.15) is 18.4 Å². The molecule has 66 valence electrons. The van der Waals surface area contributed by atoms with E-state index < -0.39 is 0 Å². The minimum absolute atomic E-state index is 0.715. The monoisotopic (exact) mass is 202 g/mol. The second-order valence-electron chi connectivity index (χ2n) is 3.26. The third-order valence-corrected chi connectivity index (χ3v) is 3.27. The number of halogens is 1. The summed E-state index contributed by atoms with van der Waals surface area (Å²) in [5.74, 6) is 0.848. The number of hydrogen-bond donors (Lipinski definition) is 1. The molecule has 0 radical (unpaired) electrons. The normalized spacial score (nSPS) is 27.5. The first-order valence-electron chi connectivity index (χ1n) is 4.09. The van der Waals surface area contributed by atoms with Gasteiger partial charge in [-0.1, -0.05) is 18.5 Å². The minimum Gasteiger partial charge on any atom is -0.307 e. The Morgan fingerprint density at radius 3 is 3.08 bits per heavy atom. The summed E-state index contributed by atoms with van der Waals surface area (Å²) < 4.78 is 0.774. The van der Waals surface area contributed by atoms with E-state index >= 15 is 0 Å². The Kier molecular flexibility index (Phi) is 2.35. The molecule has 2 nitrogen and oxygen atoms in total. The second kappa shape index (κ2) is 3.32. The van der Waals surface area contributed by atoms with Gasteiger partial charge in [-0.25, -0.2) is 4.98 Å². The summed E-state index contributed by atoms with van der Waals surface area (Å²) in [4.78, 5) is 4.16. The molecule has 4 heteroatoms. The van der Waals surface area contributed by atoms with Gasteiger partial charge in [0.15, 0.2) is 0 Å². The maximum atomic E-state index is 5.75. The average molecular weight is 203 g/mol. The predicted molar refractivity (Wildman–Crippen MR) is 51.5 cm³/mol. The number of hydrogen-bond acceptors (Lipinski definition) is 3. The van der Waals surface area contributed by atoms with Crippen LogP contribution in [0.3, 0.4) is 0 Å². The van der Waals surface area contributed by atoms with Crippen molar-refractivity contribution in [3.05, 3.63) is 15.5 Å². The third-order valence-electron chi connectivity index (χ3n) is 2.15.